The maximum Gasteiger partial charge on any atom is 0.0245 e. The molecule has 0 radical (unpaired) electrons. The highest BCUT2D eigenvalue weighted by molar-refractivity contribution is 5.07. The Hall–Kier alpha value is -0.120. The Morgan fingerprint density at radius 3 is 1.69 bits per heavy atom. The van der Waals surface area contributed by atoms with Crippen molar-refractivity contribution in [3.63, 3.8) is 0 Å². The zero-order chi connectivity index (χ0) is 21.4. The van der Waals surface area contributed by atoms with Crippen LogP contribution in [0.5, 0.6) is 0 Å². The van der Waals surface area contributed by atoms with Gasteiger partial charge in [0.05, 0.1) is 0 Å². The van der Waals surface area contributed by atoms with Gasteiger partial charge in [0, 0.05) is 55.4 Å². The molecule has 0 N–H and O–H groups in total. The van der Waals surface area contributed by atoms with Gasteiger partial charge in [-0.2, -0.15) is 0 Å². The number of hydrogen-bond donors (Lipinski definition) is 0. The van der Waals surface area contributed by atoms with Crippen LogP contribution in [0.15, 0.2) is 0 Å². The maximum absolute atomic E-state index is 2.89. The summed E-state index contributed by atoms with van der Waals surface area (Å²) in [5.41, 5.74) is 1.18. The van der Waals surface area contributed by atoms with Crippen LogP contribution < -0.4 is 0 Å². The first-order chi connectivity index (χ1) is 13.3. The predicted octanol–water partition coefficient (Wildman–Crippen LogP) is 5.10. The fraction of sp³-hybridized carbons (Fsp3) is 1.00. The standard InChI is InChI=1S/C26H49N3/c1-18(29-21-13-22(29)17-28(16-21)25(5,6)7)10-11-26(8,9)23-19-12-20(23)15-27(14-19)24(2,3)4/h18-23H,10-17H2,1-9H3. The van der Waals surface area contributed by atoms with Gasteiger partial charge in [-0.05, 0) is 97.3 Å². The molecule has 4 rings (SSSR count). The van der Waals surface area contributed by atoms with E-state index in [-0.39, 0.29) is 0 Å². The fourth-order valence-corrected chi connectivity index (χ4v) is 7.51. The van der Waals surface area contributed by atoms with Crippen LogP contribution in [0.2, 0.25) is 0 Å². The second-order valence-corrected chi connectivity index (χ2v) is 13.8. The van der Waals surface area contributed by atoms with Gasteiger partial charge in [-0.15, -0.1) is 0 Å². The number of hydrogen-bond acceptors (Lipinski definition) is 3. The number of piperazine rings is 1. The third-order valence-corrected chi connectivity index (χ3v) is 9.30. The second kappa shape index (κ2) is 7.20. The van der Waals surface area contributed by atoms with Gasteiger partial charge in [-0.25, -0.2) is 0 Å². The van der Waals surface area contributed by atoms with Crippen LogP contribution in [0, 0.1) is 23.2 Å². The summed E-state index contributed by atoms with van der Waals surface area (Å²) in [5.74, 6) is 2.85. The summed E-state index contributed by atoms with van der Waals surface area (Å²) in [6.07, 6.45) is 5.72. The van der Waals surface area contributed by atoms with Crippen LogP contribution >= 0.6 is 0 Å². The van der Waals surface area contributed by atoms with Crippen molar-refractivity contribution in [1.82, 2.24) is 14.7 Å². The highest BCUT2D eigenvalue weighted by Crippen LogP contribution is 2.56. The van der Waals surface area contributed by atoms with Gasteiger partial charge < -0.3 is 0 Å². The minimum Gasteiger partial charge on any atom is -0.298 e. The van der Waals surface area contributed by atoms with Crippen LogP contribution in [0.4, 0.5) is 0 Å². The lowest BCUT2D eigenvalue weighted by Gasteiger charge is -2.62. The molecule has 4 aliphatic rings. The lowest BCUT2D eigenvalue weighted by molar-refractivity contribution is -0.134. The molecule has 4 bridgehead atoms. The molecular formula is C26H49N3. The van der Waals surface area contributed by atoms with Crippen molar-refractivity contribution in [3.8, 4) is 0 Å². The van der Waals surface area contributed by atoms with E-state index in [1.807, 2.05) is 0 Å². The lowest BCUT2D eigenvalue weighted by Crippen LogP contribution is -2.72. The molecule has 0 spiro atoms. The summed E-state index contributed by atoms with van der Waals surface area (Å²) < 4.78 is 0. The van der Waals surface area contributed by atoms with Gasteiger partial charge in [0.1, 0.15) is 0 Å². The summed E-state index contributed by atoms with van der Waals surface area (Å²) in [6.45, 7) is 27.3. The van der Waals surface area contributed by atoms with Crippen molar-refractivity contribution in [2.45, 2.75) is 117 Å². The van der Waals surface area contributed by atoms with E-state index in [4.69, 9.17) is 0 Å². The summed E-state index contributed by atoms with van der Waals surface area (Å²) >= 11 is 0. The second-order valence-electron chi connectivity index (χ2n) is 13.8. The van der Waals surface area contributed by atoms with Crippen molar-refractivity contribution < 1.29 is 0 Å². The summed E-state index contributed by atoms with van der Waals surface area (Å²) in [7, 11) is 0. The normalized spacial score (nSPS) is 37.8. The zero-order valence-corrected chi connectivity index (χ0v) is 21.0. The number of rotatable bonds is 5. The van der Waals surface area contributed by atoms with Crippen LogP contribution in [0.3, 0.4) is 0 Å². The van der Waals surface area contributed by atoms with Gasteiger partial charge in [0.15, 0.2) is 0 Å². The molecule has 3 heterocycles. The van der Waals surface area contributed by atoms with Gasteiger partial charge in [-0.3, -0.25) is 14.7 Å². The molecule has 5 atom stereocenters. The van der Waals surface area contributed by atoms with Gasteiger partial charge in [-0.1, -0.05) is 13.8 Å². The van der Waals surface area contributed by atoms with Gasteiger partial charge in [0.25, 0.3) is 0 Å². The fourth-order valence-electron chi connectivity index (χ4n) is 7.51. The summed E-state index contributed by atoms with van der Waals surface area (Å²) in [4.78, 5) is 8.36. The SMILES string of the molecule is CC(CCC(C)(C)C1C2CC1CN(C(C)(C)C)C2)N1C2CC1CN(C(C)(C)C)C2. The Kier molecular flexibility index (Phi) is 5.49. The first kappa shape index (κ1) is 22.1. The average Bonchev–Trinajstić information content (AvgIpc) is 2.58. The van der Waals surface area contributed by atoms with E-state index in [1.54, 1.807) is 0 Å². The molecule has 0 aromatic heterocycles. The Bertz CT molecular complexity index is 574. The molecule has 3 heteroatoms. The minimum atomic E-state index is 0.331. The summed E-state index contributed by atoms with van der Waals surface area (Å²) in [5, 5.41) is 0. The molecule has 0 aromatic rings. The Balaban J connectivity index is 1.29. The molecule has 0 aromatic carbocycles. The molecular weight excluding hydrogens is 354 g/mol. The van der Waals surface area contributed by atoms with Gasteiger partial charge in [0.2, 0.25) is 0 Å². The van der Waals surface area contributed by atoms with E-state index >= 15 is 0 Å². The van der Waals surface area contributed by atoms with E-state index in [0.717, 1.165) is 35.9 Å². The Labute approximate surface area is 181 Å². The molecule has 168 valence electrons. The summed E-state index contributed by atoms with van der Waals surface area (Å²) in [6, 6.07) is 2.38. The van der Waals surface area contributed by atoms with Gasteiger partial charge >= 0.3 is 0 Å². The third kappa shape index (κ3) is 4.05. The third-order valence-electron chi connectivity index (χ3n) is 9.30. The van der Waals surface area contributed by atoms with E-state index in [2.05, 4.69) is 77.0 Å². The predicted molar refractivity (Wildman–Crippen MR) is 124 cm³/mol. The first-order valence-electron chi connectivity index (χ1n) is 12.5. The van der Waals surface area contributed by atoms with Crippen molar-refractivity contribution in [3.05, 3.63) is 0 Å². The zero-order valence-electron chi connectivity index (χ0n) is 21.0. The number of piperidine rings is 3. The number of nitrogens with zero attached hydrogens (tertiary/aromatic N) is 3. The molecule has 1 saturated carbocycles. The minimum absolute atomic E-state index is 0.331. The van der Waals surface area contributed by atoms with E-state index in [9.17, 15) is 0 Å². The molecule has 4 fully saturated rings. The lowest BCUT2D eigenvalue weighted by atomic mass is 9.51. The van der Waals surface area contributed by atoms with E-state index in [1.165, 1.54) is 51.9 Å². The molecule has 3 nitrogen and oxygen atoms in total. The molecule has 1 aliphatic carbocycles. The van der Waals surface area contributed by atoms with Crippen molar-refractivity contribution in [2.24, 2.45) is 23.2 Å². The van der Waals surface area contributed by atoms with Crippen LogP contribution in [-0.2, 0) is 0 Å². The smallest absolute Gasteiger partial charge is 0.0245 e. The molecule has 5 unspecified atom stereocenters. The van der Waals surface area contributed by atoms with Crippen LogP contribution in [-0.4, -0.2) is 70.1 Å². The van der Waals surface area contributed by atoms with E-state index in [0.29, 0.717) is 16.5 Å². The quantitative estimate of drug-likeness (QED) is 0.632. The first-order valence-corrected chi connectivity index (χ1v) is 12.5. The molecule has 0 amide bonds. The number of likely N-dealkylation sites (tertiary alicyclic amines) is 3. The Morgan fingerprint density at radius 2 is 1.21 bits per heavy atom. The average molecular weight is 404 g/mol. The maximum atomic E-state index is 2.89. The molecule has 29 heavy (non-hydrogen) atoms. The largest absolute Gasteiger partial charge is 0.298 e. The van der Waals surface area contributed by atoms with Crippen molar-refractivity contribution in [2.75, 3.05) is 26.2 Å². The monoisotopic (exact) mass is 403 g/mol. The highest BCUT2D eigenvalue weighted by atomic mass is 15.4. The molecule has 3 aliphatic heterocycles. The molecule has 3 saturated heterocycles. The number of fused-ring (bicyclic) bond motifs is 4. The van der Waals surface area contributed by atoms with E-state index < -0.39 is 0 Å². The topological polar surface area (TPSA) is 9.72 Å². The Morgan fingerprint density at radius 1 is 0.724 bits per heavy atom. The van der Waals surface area contributed by atoms with Crippen molar-refractivity contribution >= 4 is 0 Å². The van der Waals surface area contributed by atoms with Crippen LogP contribution in [0.25, 0.3) is 0 Å². The van der Waals surface area contributed by atoms with Crippen molar-refractivity contribution in [1.29, 1.82) is 0 Å². The highest BCUT2D eigenvalue weighted by Gasteiger charge is 2.54. The van der Waals surface area contributed by atoms with Crippen LogP contribution in [0.1, 0.15) is 88.0 Å².